The van der Waals surface area contributed by atoms with E-state index in [4.69, 9.17) is 4.74 Å². The van der Waals surface area contributed by atoms with E-state index in [9.17, 15) is 36.0 Å². The zero-order valence-electron chi connectivity index (χ0n) is 18.0. The highest BCUT2D eigenvalue weighted by atomic mass is 19.4. The number of amides is 1. The van der Waals surface area contributed by atoms with E-state index in [2.05, 4.69) is 0 Å². The maximum absolute atomic E-state index is 13.0. The number of fused-ring (bicyclic) bond motifs is 1. The van der Waals surface area contributed by atoms with Gasteiger partial charge in [-0.3, -0.25) is 0 Å². The third-order valence-electron chi connectivity index (χ3n) is 5.49. The molecule has 1 unspecified atom stereocenters. The zero-order chi connectivity index (χ0) is 25.1. The number of rotatable bonds is 6. The molecule has 0 spiro atoms. The van der Waals surface area contributed by atoms with Crippen molar-refractivity contribution in [1.29, 1.82) is 0 Å². The highest BCUT2D eigenvalue weighted by Crippen LogP contribution is 2.38. The number of carbonyl (C=O) groups excluding carboxylic acids is 1. The molecule has 1 aliphatic rings. The first-order valence-corrected chi connectivity index (χ1v) is 10.2. The summed E-state index contributed by atoms with van der Waals surface area (Å²) in [6, 6.07) is 6.34. The van der Waals surface area contributed by atoms with E-state index in [0.717, 1.165) is 16.7 Å². The number of hydrogen-bond acceptors (Lipinski definition) is 3. The Hall–Kier alpha value is -3.37. The lowest BCUT2D eigenvalue weighted by atomic mass is 10.0. The van der Waals surface area contributed by atoms with Gasteiger partial charge in [0.2, 0.25) is 6.54 Å². The van der Waals surface area contributed by atoms with Gasteiger partial charge in [0.05, 0.1) is 17.2 Å². The van der Waals surface area contributed by atoms with Crippen LogP contribution in [0.25, 0.3) is 6.08 Å². The lowest BCUT2D eigenvalue weighted by molar-refractivity contribution is -0.468. The fourth-order valence-electron chi connectivity index (χ4n) is 3.82. The Kier molecular flexibility index (Phi) is 7.32. The number of ether oxygens (including phenoxy) is 1. The fraction of sp³-hybridized carbons (Fsp3) is 0.348. The number of benzene rings is 2. The summed E-state index contributed by atoms with van der Waals surface area (Å²) in [6.07, 6.45) is -6.20. The van der Waals surface area contributed by atoms with Crippen molar-refractivity contribution >= 4 is 12.2 Å². The standard InChI is InChI=1S/C23H20F6N2O3/c1-31(20-7-6-16-5-4-14(11-19(16)20)3-2-8-30-33)21(32)34-13-15-9-17(22(24,25)26)12-18(10-15)23(27,28)29/h2-5,9-12,20H,6-8,13H2,1H3/p+1/b3-2+. The van der Waals surface area contributed by atoms with Gasteiger partial charge in [-0.25, -0.2) is 4.79 Å². The maximum atomic E-state index is 13.0. The van der Waals surface area contributed by atoms with Crippen molar-refractivity contribution in [3.8, 4) is 0 Å². The van der Waals surface area contributed by atoms with Crippen LogP contribution in [0.3, 0.4) is 0 Å². The van der Waals surface area contributed by atoms with Gasteiger partial charge >= 0.3 is 18.4 Å². The largest absolute Gasteiger partial charge is 0.445 e. The predicted molar refractivity (Wildman–Crippen MR) is 110 cm³/mol. The molecule has 1 aliphatic carbocycles. The first-order valence-electron chi connectivity index (χ1n) is 10.2. The minimum Gasteiger partial charge on any atom is -0.445 e. The lowest BCUT2D eigenvalue weighted by Gasteiger charge is -2.25. The predicted octanol–water partition coefficient (Wildman–Crippen LogP) is 4.84. The number of hydrogen-bond donors (Lipinski definition) is 1. The van der Waals surface area contributed by atoms with Gasteiger partial charge in [-0.15, -0.1) is 0 Å². The zero-order valence-corrected chi connectivity index (χ0v) is 18.0. The second-order valence-corrected chi connectivity index (χ2v) is 7.84. The first-order chi connectivity index (χ1) is 15.9. The molecule has 0 fully saturated rings. The molecule has 1 atom stereocenters. The average molecular weight is 487 g/mol. The number of alkyl halides is 6. The highest BCUT2D eigenvalue weighted by molar-refractivity contribution is 5.68. The monoisotopic (exact) mass is 487 g/mol. The van der Waals surface area contributed by atoms with Crippen molar-refractivity contribution in [2.75, 3.05) is 13.6 Å². The normalized spacial score (nSPS) is 15.9. The van der Waals surface area contributed by atoms with Crippen LogP contribution in [0.5, 0.6) is 0 Å². The smallest absolute Gasteiger partial charge is 0.416 e. The SMILES string of the molecule is CN(C(=O)OCc1cc(C(F)(F)F)cc(C(F)(F)F)c1)C1CCc2ccc(/C=C/C[NH+]=O)cc21. The van der Waals surface area contributed by atoms with E-state index in [-0.39, 0.29) is 18.7 Å². The third-order valence-corrected chi connectivity index (χ3v) is 5.49. The molecular weight excluding hydrogens is 466 g/mol. The van der Waals surface area contributed by atoms with Gasteiger partial charge in [0.15, 0.2) is 0 Å². The van der Waals surface area contributed by atoms with Crippen LogP contribution in [0.4, 0.5) is 31.1 Å². The summed E-state index contributed by atoms with van der Waals surface area (Å²) in [6.45, 7) is -0.612. The van der Waals surface area contributed by atoms with Crippen LogP contribution in [0, 0.1) is 4.91 Å². The molecule has 1 amide bonds. The van der Waals surface area contributed by atoms with Crippen LogP contribution < -0.4 is 5.18 Å². The molecule has 3 rings (SSSR count). The summed E-state index contributed by atoms with van der Waals surface area (Å²) in [5, 5.41) is 1.75. The molecule has 1 N–H and O–H groups in total. The van der Waals surface area contributed by atoms with Gasteiger partial charge in [-0.1, -0.05) is 18.2 Å². The van der Waals surface area contributed by atoms with Gasteiger partial charge in [-0.05, 0) is 70.6 Å². The fourth-order valence-corrected chi connectivity index (χ4v) is 3.82. The van der Waals surface area contributed by atoms with Crippen LogP contribution >= 0.6 is 0 Å². The molecule has 11 heteroatoms. The van der Waals surface area contributed by atoms with Crippen LogP contribution in [0.1, 0.15) is 45.8 Å². The van der Waals surface area contributed by atoms with E-state index < -0.39 is 41.7 Å². The Morgan fingerprint density at radius 2 is 1.74 bits per heavy atom. The van der Waals surface area contributed by atoms with Gasteiger partial charge in [0.1, 0.15) is 6.61 Å². The maximum Gasteiger partial charge on any atom is 0.416 e. The van der Waals surface area contributed by atoms with Crippen LogP contribution in [-0.2, 0) is 30.1 Å². The highest BCUT2D eigenvalue weighted by Gasteiger charge is 2.37. The molecule has 5 nitrogen and oxygen atoms in total. The Labute approximate surface area is 191 Å². The second kappa shape index (κ2) is 9.86. The van der Waals surface area contributed by atoms with Crippen LogP contribution in [0.2, 0.25) is 0 Å². The molecule has 182 valence electrons. The number of nitrogens with zero attached hydrogens (tertiary/aromatic N) is 1. The van der Waals surface area contributed by atoms with Gasteiger partial charge in [0, 0.05) is 12.0 Å². The van der Waals surface area contributed by atoms with Gasteiger partial charge in [-0.2, -0.15) is 26.3 Å². The van der Waals surface area contributed by atoms with Crippen molar-refractivity contribution in [2.24, 2.45) is 0 Å². The number of nitroso groups, excluding NO2 is 1. The van der Waals surface area contributed by atoms with Crippen LogP contribution in [0.15, 0.2) is 42.5 Å². The Morgan fingerprint density at radius 3 is 2.32 bits per heavy atom. The number of halogens is 6. The molecule has 0 radical (unpaired) electrons. The molecule has 0 heterocycles. The summed E-state index contributed by atoms with van der Waals surface area (Å²) in [7, 11) is 1.46. The van der Waals surface area contributed by atoms with Crippen LogP contribution in [-0.4, -0.2) is 24.6 Å². The summed E-state index contributed by atoms with van der Waals surface area (Å²) in [5.74, 6) is 0. The number of carbonyl (C=O) groups is 1. The van der Waals surface area contributed by atoms with E-state index in [1.807, 2.05) is 18.2 Å². The Bertz CT molecular complexity index is 1060. The third kappa shape index (κ3) is 5.95. The van der Waals surface area contributed by atoms with Crippen molar-refractivity contribution in [2.45, 2.75) is 37.8 Å². The number of nitrogens with one attached hydrogen (secondary N) is 1. The molecule has 2 aromatic carbocycles. The van der Waals surface area contributed by atoms with Gasteiger partial charge < -0.3 is 9.64 Å². The molecule has 0 saturated carbocycles. The Morgan fingerprint density at radius 1 is 1.09 bits per heavy atom. The van der Waals surface area contributed by atoms with E-state index in [1.54, 1.807) is 17.3 Å². The summed E-state index contributed by atoms with van der Waals surface area (Å²) in [4.78, 5) is 24.2. The van der Waals surface area contributed by atoms with E-state index in [0.29, 0.717) is 25.0 Å². The molecule has 0 aromatic heterocycles. The molecule has 2 aromatic rings. The average Bonchev–Trinajstić information content (AvgIpc) is 3.19. The summed E-state index contributed by atoms with van der Waals surface area (Å²) >= 11 is 0. The van der Waals surface area contributed by atoms with Crippen molar-refractivity contribution in [3.63, 3.8) is 0 Å². The first kappa shape index (κ1) is 25.3. The van der Waals surface area contributed by atoms with Gasteiger partial charge in [0.25, 0.3) is 0 Å². The van der Waals surface area contributed by atoms with Crippen molar-refractivity contribution in [3.05, 3.63) is 80.8 Å². The van der Waals surface area contributed by atoms with E-state index in [1.165, 1.54) is 11.9 Å². The molecule has 0 bridgehead atoms. The quantitative estimate of drug-likeness (QED) is 0.594. The molecule has 0 saturated heterocycles. The summed E-state index contributed by atoms with van der Waals surface area (Å²) in [5.41, 5.74) is -0.688. The minimum atomic E-state index is -4.99. The number of aryl methyl sites for hydroxylation is 1. The topological polar surface area (TPSA) is 60.6 Å². The second-order valence-electron chi connectivity index (χ2n) is 7.84. The van der Waals surface area contributed by atoms with Crippen molar-refractivity contribution < 1.29 is 41.1 Å². The van der Waals surface area contributed by atoms with Crippen molar-refractivity contribution in [1.82, 2.24) is 4.90 Å². The molecular formula is C23H21F6N2O3+. The molecule has 0 aliphatic heterocycles. The van der Waals surface area contributed by atoms with E-state index >= 15 is 0 Å². The lowest BCUT2D eigenvalue weighted by Crippen LogP contribution is -2.63. The summed E-state index contributed by atoms with van der Waals surface area (Å²) < 4.78 is 83.2. The molecule has 34 heavy (non-hydrogen) atoms. The minimum absolute atomic E-state index is 0.0199. The Balaban J connectivity index is 1.74.